The molecule has 0 unspecified atom stereocenters. The van der Waals surface area contributed by atoms with Crippen LogP contribution in [0.1, 0.15) is 5.56 Å². The molecule has 0 aliphatic rings. The minimum absolute atomic E-state index is 0.275. The number of amides is 2. The topological polar surface area (TPSA) is 76.0 Å². The predicted octanol–water partition coefficient (Wildman–Crippen LogP) is 1.90. The van der Waals surface area contributed by atoms with Crippen LogP contribution in [0, 0.1) is 0 Å². The van der Waals surface area contributed by atoms with E-state index < -0.39 is 24.8 Å². The van der Waals surface area contributed by atoms with Crippen LogP contribution in [0.4, 0.5) is 14.6 Å². The Morgan fingerprint density at radius 3 is 2.52 bits per heavy atom. The molecule has 0 bridgehead atoms. The Bertz CT molecular complexity index is 688. The quantitative estimate of drug-likeness (QED) is 0.815. The molecule has 9 heteroatoms. The van der Waals surface area contributed by atoms with Crippen LogP contribution in [-0.2, 0) is 16.1 Å². The number of carbonyl (C=O) groups excluding carboxylic acids is 2. The van der Waals surface area contributed by atoms with Crippen molar-refractivity contribution in [2.45, 2.75) is 13.0 Å². The Morgan fingerprint density at radius 2 is 1.87 bits per heavy atom. The first-order chi connectivity index (χ1) is 11.0. The van der Waals surface area contributed by atoms with Gasteiger partial charge in [0.15, 0.2) is 0 Å². The molecule has 0 saturated heterocycles. The fourth-order valence-electron chi connectivity index (χ4n) is 1.75. The maximum absolute atomic E-state index is 12.0. The SMILES string of the molecule is O=C(NCC(F)F)C(=O)Nc1ccnn1Cc1ccc(Cl)cc1. The molecule has 0 aliphatic carbocycles. The van der Waals surface area contributed by atoms with Crippen molar-refractivity contribution >= 4 is 29.2 Å². The fourth-order valence-corrected chi connectivity index (χ4v) is 1.88. The Morgan fingerprint density at radius 1 is 1.17 bits per heavy atom. The summed E-state index contributed by atoms with van der Waals surface area (Å²) in [6.45, 7) is -0.533. The standard InChI is InChI=1S/C14H13ClF2N4O2/c15-10-3-1-9(2-4-10)8-21-12(5-6-19-21)20-14(23)13(22)18-7-11(16)17/h1-6,11H,7-8H2,(H,18,22)(H,20,23). The molecular formula is C14H13ClF2N4O2. The summed E-state index contributed by atoms with van der Waals surface area (Å²) in [5.74, 6) is -1.90. The fraction of sp³-hybridized carbons (Fsp3) is 0.214. The molecule has 2 N–H and O–H groups in total. The maximum atomic E-state index is 12.0. The van der Waals surface area contributed by atoms with Crippen molar-refractivity contribution in [3.8, 4) is 0 Å². The number of nitrogens with one attached hydrogen (secondary N) is 2. The second-order valence-electron chi connectivity index (χ2n) is 4.56. The van der Waals surface area contributed by atoms with E-state index in [1.165, 1.54) is 16.9 Å². The minimum atomic E-state index is -2.72. The third-order valence-corrected chi connectivity index (χ3v) is 3.08. The van der Waals surface area contributed by atoms with E-state index in [0.717, 1.165) is 5.56 Å². The van der Waals surface area contributed by atoms with E-state index in [0.29, 0.717) is 11.6 Å². The van der Waals surface area contributed by atoms with Crippen LogP contribution in [0.3, 0.4) is 0 Å². The number of hydrogen-bond acceptors (Lipinski definition) is 3. The van der Waals surface area contributed by atoms with E-state index in [2.05, 4.69) is 10.4 Å². The Hall–Kier alpha value is -2.48. The molecular weight excluding hydrogens is 330 g/mol. The second-order valence-corrected chi connectivity index (χ2v) is 4.99. The van der Waals surface area contributed by atoms with Crippen molar-refractivity contribution in [3.63, 3.8) is 0 Å². The summed E-state index contributed by atoms with van der Waals surface area (Å²) in [6.07, 6.45) is -1.27. The molecule has 0 spiro atoms. The number of anilines is 1. The molecule has 0 saturated carbocycles. The Balaban J connectivity index is 1.99. The highest BCUT2D eigenvalue weighted by molar-refractivity contribution is 6.39. The van der Waals surface area contributed by atoms with E-state index in [4.69, 9.17) is 11.6 Å². The van der Waals surface area contributed by atoms with Crippen LogP contribution in [0.2, 0.25) is 5.02 Å². The van der Waals surface area contributed by atoms with Gasteiger partial charge in [-0.05, 0) is 17.7 Å². The van der Waals surface area contributed by atoms with Gasteiger partial charge < -0.3 is 10.6 Å². The van der Waals surface area contributed by atoms with E-state index in [1.807, 2.05) is 5.32 Å². The molecule has 1 aromatic heterocycles. The van der Waals surface area contributed by atoms with Crippen molar-refractivity contribution in [1.82, 2.24) is 15.1 Å². The zero-order valence-corrected chi connectivity index (χ0v) is 12.6. The number of nitrogens with zero attached hydrogens (tertiary/aromatic N) is 2. The zero-order valence-electron chi connectivity index (χ0n) is 11.8. The average Bonchev–Trinajstić information content (AvgIpc) is 2.94. The summed E-state index contributed by atoms with van der Waals surface area (Å²) < 4.78 is 25.5. The third kappa shape index (κ3) is 5.03. The van der Waals surface area contributed by atoms with Gasteiger partial charge >= 0.3 is 11.8 Å². The van der Waals surface area contributed by atoms with Crippen molar-refractivity contribution in [2.75, 3.05) is 11.9 Å². The second kappa shape index (κ2) is 7.68. The zero-order chi connectivity index (χ0) is 16.8. The van der Waals surface area contributed by atoms with Gasteiger partial charge in [0, 0.05) is 11.1 Å². The first-order valence-corrected chi connectivity index (χ1v) is 6.97. The molecule has 1 heterocycles. The van der Waals surface area contributed by atoms with Gasteiger partial charge in [-0.15, -0.1) is 0 Å². The summed E-state index contributed by atoms with van der Waals surface area (Å²) in [6, 6.07) is 8.52. The smallest absolute Gasteiger partial charge is 0.314 e. The van der Waals surface area contributed by atoms with Gasteiger partial charge in [0.2, 0.25) is 0 Å². The van der Waals surface area contributed by atoms with Gasteiger partial charge in [0.1, 0.15) is 5.82 Å². The number of carbonyl (C=O) groups is 2. The lowest BCUT2D eigenvalue weighted by molar-refractivity contribution is -0.136. The summed E-state index contributed by atoms with van der Waals surface area (Å²) >= 11 is 5.80. The van der Waals surface area contributed by atoms with Gasteiger partial charge in [-0.3, -0.25) is 9.59 Å². The van der Waals surface area contributed by atoms with Gasteiger partial charge in [0.25, 0.3) is 6.43 Å². The Kier molecular flexibility index (Phi) is 5.64. The molecule has 0 aliphatic heterocycles. The van der Waals surface area contributed by atoms with Crippen molar-refractivity contribution in [2.24, 2.45) is 0 Å². The molecule has 0 fully saturated rings. The monoisotopic (exact) mass is 342 g/mol. The molecule has 0 radical (unpaired) electrons. The first-order valence-electron chi connectivity index (χ1n) is 6.59. The van der Waals surface area contributed by atoms with E-state index >= 15 is 0 Å². The molecule has 23 heavy (non-hydrogen) atoms. The highest BCUT2D eigenvalue weighted by atomic mass is 35.5. The van der Waals surface area contributed by atoms with Gasteiger partial charge in [0.05, 0.1) is 19.3 Å². The summed E-state index contributed by atoms with van der Waals surface area (Å²) in [7, 11) is 0. The Labute approximate surface area is 135 Å². The maximum Gasteiger partial charge on any atom is 0.314 e. The lowest BCUT2D eigenvalue weighted by Crippen LogP contribution is -2.38. The lowest BCUT2D eigenvalue weighted by Gasteiger charge is -2.09. The number of rotatable bonds is 5. The van der Waals surface area contributed by atoms with Gasteiger partial charge in [-0.25, -0.2) is 13.5 Å². The van der Waals surface area contributed by atoms with E-state index in [1.54, 1.807) is 24.3 Å². The third-order valence-electron chi connectivity index (χ3n) is 2.83. The van der Waals surface area contributed by atoms with Gasteiger partial charge in [-0.2, -0.15) is 5.10 Å². The van der Waals surface area contributed by atoms with Crippen LogP contribution in [0.25, 0.3) is 0 Å². The van der Waals surface area contributed by atoms with Crippen molar-refractivity contribution < 1.29 is 18.4 Å². The normalized spacial score (nSPS) is 10.6. The highest BCUT2D eigenvalue weighted by Crippen LogP contribution is 2.13. The van der Waals surface area contributed by atoms with E-state index in [9.17, 15) is 18.4 Å². The molecule has 2 rings (SSSR count). The van der Waals surface area contributed by atoms with Crippen LogP contribution in [0.5, 0.6) is 0 Å². The number of aromatic nitrogens is 2. The molecule has 6 nitrogen and oxygen atoms in total. The molecule has 2 aromatic rings. The highest BCUT2D eigenvalue weighted by Gasteiger charge is 2.17. The summed E-state index contributed by atoms with van der Waals surface area (Å²) in [5, 5.41) is 8.78. The number of benzene rings is 1. The molecule has 1 aromatic carbocycles. The summed E-state index contributed by atoms with van der Waals surface area (Å²) in [4.78, 5) is 23.0. The van der Waals surface area contributed by atoms with Gasteiger partial charge in [-0.1, -0.05) is 23.7 Å². The number of hydrogen-bond donors (Lipinski definition) is 2. The van der Waals surface area contributed by atoms with Crippen LogP contribution < -0.4 is 10.6 Å². The number of alkyl halides is 2. The molecule has 0 atom stereocenters. The predicted molar refractivity (Wildman–Crippen MR) is 80.4 cm³/mol. The van der Waals surface area contributed by atoms with Crippen LogP contribution in [0.15, 0.2) is 36.5 Å². The van der Waals surface area contributed by atoms with Crippen LogP contribution in [-0.4, -0.2) is 34.6 Å². The lowest BCUT2D eigenvalue weighted by atomic mass is 10.2. The first kappa shape index (κ1) is 16.9. The van der Waals surface area contributed by atoms with E-state index in [-0.39, 0.29) is 5.82 Å². The largest absolute Gasteiger partial charge is 0.342 e. The summed E-state index contributed by atoms with van der Waals surface area (Å²) in [5.41, 5.74) is 0.885. The van der Waals surface area contributed by atoms with Crippen molar-refractivity contribution in [3.05, 3.63) is 47.1 Å². The number of halogens is 3. The average molecular weight is 343 g/mol. The molecule has 2 amide bonds. The van der Waals surface area contributed by atoms with Crippen molar-refractivity contribution in [1.29, 1.82) is 0 Å². The van der Waals surface area contributed by atoms with Crippen LogP contribution >= 0.6 is 11.6 Å². The molecule has 122 valence electrons. The minimum Gasteiger partial charge on any atom is -0.342 e.